The maximum Gasteiger partial charge on any atom is 0.324 e. The van der Waals surface area contributed by atoms with E-state index in [1.807, 2.05) is 69.4 Å². The molecule has 0 atom stereocenters. The first-order chi connectivity index (χ1) is 17.3. The van der Waals surface area contributed by atoms with Crippen LogP contribution in [0.2, 0.25) is 0 Å². The number of aromatic nitrogens is 4. The molecule has 0 aliphatic carbocycles. The van der Waals surface area contributed by atoms with Gasteiger partial charge >= 0.3 is 6.03 Å². The summed E-state index contributed by atoms with van der Waals surface area (Å²) >= 11 is 0. The van der Waals surface area contributed by atoms with Crippen LogP contribution >= 0.6 is 0 Å². The van der Waals surface area contributed by atoms with Gasteiger partial charge in [-0.05, 0) is 23.3 Å². The quantitative estimate of drug-likeness (QED) is 0.298. The van der Waals surface area contributed by atoms with Crippen molar-refractivity contribution in [3.63, 3.8) is 0 Å². The number of anilines is 3. The van der Waals surface area contributed by atoms with Crippen molar-refractivity contribution in [2.75, 3.05) is 16.4 Å². The smallest absolute Gasteiger partial charge is 0.324 e. The van der Waals surface area contributed by atoms with Crippen LogP contribution in [-0.2, 0) is 12.0 Å². The second-order valence-corrected chi connectivity index (χ2v) is 9.60. The lowest BCUT2D eigenvalue weighted by atomic mass is 9.93. The minimum absolute atomic E-state index is 0.197. The summed E-state index contributed by atoms with van der Waals surface area (Å²) in [4.78, 5) is 21.1. The van der Waals surface area contributed by atoms with E-state index in [0.717, 1.165) is 27.7 Å². The van der Waals surface area contributed by atoms with Crippen molar-refractivity contribution in [3.8, 4) is 11.1 Å². The maximum atomic E-state index is 12.5. The lowest BCUT2D eigenvalue weighted by molar-refractivity contribution is 0.262. The van der Waals surface area contributed by atoms with Gasteiger partial charge in [-0.15, -0.1) is 0 Å². The molecule has 5 aromatic rings. The van der Waals surface area contributed by atoms with Crippen LogP contribution in [0.1, 0.15) is 32.1 Å². The molecule has 4 N–H and O–H groups in total. The van der Waals surface area contributed by atoms with E-state index in [0.29, 0.717) is 29.6 Å². The van der Waals surface area contributed by atoms with Crippen LogP contribution in [0.4, 0.5) is 22.1 Å². The largest absolute Gasteiger partial charge is 0.383 e. The van der Waals surface area contributed by atoms with Gasteiger partial charge in [-0.2, -0.15) is 0 Å². The van der Waals surface area contributed by atoms with Crippen molar-refractivity contribution in [3.05, 3.63) is 84.5 Å². The number of urea groups is 1. The number of nitrogens with one attached hydrogen (secondary N) is 2. The molecule has 0 aliphatic heterocycles. The maximum absolute atomic E-state index is 12.5. The van der Waals surface area contributed by atoms with Gasteiger partial charge in [0.2, 0.25) is 0 Å². The number of fused-ring (bicyclic) bond motifs is 1. The molecule has 0 unspecified atom stereocenters. The molecule has 2 amide bonds. The number of hydrogen-bond acceptors (Lipinski definition) is 6. The predicted molar refractivity (Wildman–Crippen MR) is 141 cm³/mol. The Bertz CT molecular complexity index is 1510. The zero-order valence-corrected chi connectivity index (χ0v) is 20.3. The van der Waals surface area contributed by atoms with Crippen LogP contribution in [0.25, 0.3) is 22.2 Å². The molecule has 0 radical (unpaired) electrons. The summed E-state index contributed by atoms with van der Waals surface area (Å²) < 4.78 is 7.39. The molecule has 5 rings (SSSR count). The fourth-order valence-electron chi connectivity index (χ4n) is 3.97. The molecule has 36 heavy (non-hydrogen) atoms. The summed E-state index contributed by atoms with van der Waals surface area (Å²) in [5, 5.41) is 10.2. The van der Waals surface area contributed by atoms with Crippen LogP contribution in [0.3, 0.4) is 0 Å². The molecular formula is C27H27N7O2. The molecule has 182 valence electrons. The van der Waals surface area contributed by atoms with Crippen LogP contribution in [0.5, 0.6) is 0 Å². The van der Waals surface area contributed by atoms with E-state index in [9.17, 15) is 4.79 Å². The summed E-state index contributed by atoms with van der Waals surface area (Å²) in [5.74, 6) is 1.47. The molecule has 3 aromatic heterocycles. The lowest BCUT2D eigenvalue weighted by Crippen LogP contribution is -2.19. The van der Waals surface area contributed by atoms with Crippen molar-refractivity contribution >= 4 is 34.4 Å². The minimum Gasteiger partial charge on any atom is -0.383 e. The number of nitrogens with zero attached hydrogens (tertiary/aromatic N) is 4. The highest BCUT2D eigenvalue weighted by Gasteiger charge is 2.20. The Morgan fingerprint density at radius 3 is 2.47 bits per heavy atom. The van der Waals surface area contributed by atoms with Gasteiger partial charge in [0.25, 0.3) is 0 Å². The molecule has 0 saturated heterocycles. The molecule has 9 heteroatoms. The Morgan fingerprint density at radius 1 is 1.03 bits per heavy atom. The van der Waals surface area contributed by atoms with Gasteiger partial charge in [0, 0.05) is 35.5 Å². The fourth-order valence-corrected chi connectivity index (χ4v) is 3.97. The average Bonchev–Trinajstić information content (AvgIpc) is 3.46. The van der Waals surface area contributed by atoms with Crippen molar-refractivity contribution in [2.24, 2.45) is 0 Å². The average molecular weight is 482 g/mol. The van der Waals surface area contributed by atoms with Gasteiger partial charge in [0.1, 0.15) is 23.6 Å². The summed E-state index contributed by atoms with van der Waals surface area (Å²) in [6.07, 6.45) is 3.52. The van der Waals surface area contributed by atoms with Crippen LogP contribution in [-0.4, -0.2) is 25.7 Å². The number of benzene rings is 2. The molecule has 0 bridgehead atoms. The zero-order chi connectivity index (χ0) is 25.3. The second-order valence-electron chi connectivity index (χ2n) is 9.60. The first kappa shape index (κ1) is 23.1. The van der Waals surface area contributed by atoms with E-state index in [1.54, 1.807) is 6.07 Å². The van der Waals surface area contributed by atoms with E-state index in [-0.39, 0.29) is 5.41 Å². The summed E-state index contributed by atoms with van der Waals surface area (Å²) in [5.41, 5.74) is 10.5. The number of carbonyl (C=O) groups excluding carboxylic acids is 1. The van der Waals surface area contributed by atoms with E-state index < -0.39 is 6.03 Å². The SMILES string of the molecule is CC(C)(C)c1cc(NC(=O)Nc2ccc(-c3cn(Cc4ccccc4)c4ncnc(N)c34)cc2)no1. The molecule has 0 aliphatic rings. The molecule has 0 fully saturated rings. The summed E-state index contributed by atoms with van der Waals surface area (Å²) in [6.45, 7) is 6.69. The Kier molecular flexibility index (Phi) is 5.89. The van der Waals surface area contributed by atoms with Gasteiger partial charge in [0.15, 0.2) is 5.82 Å². The van der Waals surface area contributed by atoms with Gasteiger partial charge in [-0.1, -0.05) is 68.4 Å². The predicted octanol–water partition coefficient (Wildman–Crippen LogP) is 5.66. The first-order valence-corrected chi connectivity index (χ1v) is 11.6. The first-order valence-electron chi connectivity index (χ1n) is 11.6. The number of nitrogens with two attached hydrogens (primary N) is 1. The molecule has 2 aromatic carbocycles. The van der Waals surface area contributed by atoms with E-state index in [4.69, 9.17) is 10.3 Å². The van der Waals surface area contributed by atoms with E-state index >= 15 is 0 Å². The van der Waals surface area contributed by atoms with Crippen molar-refractivity contribution in [1.29, 1.82) is 0 Å². The highest BCUT2D eigenvalue weighted by molar-refractivity contribution is 6.02. The van der Waals surface area contributed by atoms with Crippen LogP contribution < -0.4 is 16.4 Å². The zero-order valence-electron chi connectivity index (χ0n) is 20.3. The number of carbonyl (C=O) groups is 1. The van der Waals surface area contributed by atoms with E-state index in [2.05, 4.69) is 42.5 Å². The van der Waals surface area contributed by atoms with Crippen molar-refractivity contribution in [2.45, 2.75) is 32.7 Å². The normalized spacial score (nSPS) is 11.5. The number of rotatable bonds is 5. The number of nitrogen functional groups attached to an aromatic ring is 1. The van der Waals surface area contributed by atoms with Gasteiger partial charge in [-0.3, -0.25) is 5.32 Å². The van der Waals surface area contributed by atoms with Gasteiger partial charge in [-0.25, -0.2) is 14.8 Å². The number of amides is 2. The molecule has 3 heterocycles. The summed E-state index contributed by atoms with van der Waals surface area (Å²) in [6, 6.07) is 19.0. The molecule has 9 nitrogen and oxygen atoms in total. The Hall–Kier alpha value is -4.66. The van der Waals surface area contributed by atoms with Crippen LogP contribution in [0, 0.1) is 0 Å². The topological polar surface area (TPSA) is 124 Å². The van der Waals surface area contributed by atoms with Gasteiger partial charge in [0.05, 0.1) is 5.39 Å². The summed E-state index contributed by atoms with van der Waals surface area (Å²) in [7, 11) is 0. The number of hydrogen-bond donors (Lipinski definition) is 3. The second kappa shape index (κ2) is 9.18. The molecule has 0 spiro atoms. The third-order valence-electron chi connectivity index (χ3n) is 5.82. The van der Waals surface area contributed by atoms with Crippen molar-refractivity contribution in [1.82, 2.24) is 19.7 Å². The molecular weight excluding hydrogens is 454 g/mol. The lowest BCUT2D eigenvalue weighted by Gasteiger charge is -2.12. The monoisotopic (exact) mass is 481 g/mol. The third kappa shape index (κ3) is 4.76. The Labute approximate surface area is 208 Å². The highest BCUT2D eigenvalue weighted by atomic mass is 16.5. The fraction of sp³-hybridized carbons (Fsp3) is 0.185. The minimum atomic E-state index is -0.409. The van der Waals surface area contributed by atoms with Crippen molar-refractivity contribution < 1.29 is 9.32 Å². The standard InChI is InChI=1S/C27H27N7O2/c1-27(2,3)21-13-22(33-36-21)32-26(35)31-19-11-9-18(10-12-19)20-15-34(14-17-7-5-4-6-8-17)25-23(20)24(28)29-16-30-25/h4-13,15-16H,14H2,1-3H3,(H2,28,29,30)(H2,31,32,33,35). The Morgan fingerprint density at radius 2 is 1.78 bits per heavy atom. The van der Waals surface area contributed by atoms with E-state index in [1.165, 1.54) is 6.33 Å². The Balaban J connectivity index is 1.36. The highest BCUT2D eigenvalue weighted by Crippen LogP contribution is 2.33. The molecule has 0 saturated carbocycles. The van der Waals surface area contributed by atoms with Gasteiger partial charge < -0.3 is 20.1 Å². The third-order valence-corrected chi connectivity index (χ3v) is 5.82. The van der Waals surface area contributed by atoms with Crippen LogP contribution in [0.15, 0.2) is 77.7 Å².